The molecular formula is C14H14BrNO5S2. The predicted molar refractivity (Wildman–Crippen MR) is 89.3 cm³/mol. The van der Waals surface area contributed by atoms with Crippen LogP contribution in [0.4, 0.5) is 0 Å². The van der Waals surface area contributed by atoms with Gasteiger partial charge in [-0.25, -0.2) is 12.7 Å². The van der Waals surface area contributed by atoms with Crippen LogP contribution in [0.1, 0.15) is 0 Å². The van der Waals surface area contributed by atoms with Crippen molar-refractivity contribution >= 4 is 36.1 Å². The van der Waals surface area contributed by atoms with Gasteiger partial charge in [0.15, 0.2) is 0 Å². The topological polar surface area (TPSA) is 80.8 Å². The van der Waals surface area contributed by atoms with Gasteiger partial charge in [0.1, 0.15) is 10.6 Å². The van der Waals surface area contributed by atoms with Gasteiger partial charge in [-0.3, -0.25) is 0 Å². The smallest absolute Gasteiger partial charge is 0.339 e. The average Bonchev–Trinajstić information content (AvgIpc) is 2.49. The lowest BCUT2D eigenvalue weighted by atomic mass is 10.3. The van der Waals surface area contributed by atoms with E-state index in [1.165, 1.54) is 44.4 Å². The van der Waals surface area contributed by atoms with Crippen LogP contribution in [0.25, 0.3) is 0 Å². The first-order chi connectivity index (χ1) is 10.6. The van der Waals surface area contributed by atoms with Crippen LogP contribution in [0, 0.1) is 0 Å². The van der Waals surface area contributed by atoms with Crippen LogP contribution in [0.3, 0.4) is 0 Å². The summed E-state index contributed by atoms with van der Waals surface area (Å²) in [7, 11) is -5.12. The average molecular weight is 420 g/mol. The van der Waals surface area contributed by atoms with E-state index in [0.717, 1.165) is 14.8 Å². The van der Waals surface area contributed by atoms with Crippen LogP contribution in [-0.2, 0) is 20.1 Å². The summed E-state index contributed by atoms with van der Waals surface area (Å²) in [6.45, 7) is 0. The molecule has 0 aromatic heterocycles. The number of rotatable bonds is 5. The van der Waals surface area contributed by atoms with E-state index >= 15 is 0 Å². The van der Waals surface area contributed by atoms with Crippen molar-refractivity contribution in [1.82, 2.24) is 4.31 Å². The van der Waals surface area contributed by atoms with Crippen LogP contribution in [0.15, 0.2) is 62.8 Å². The molecule has 0 aliphatic heterocycles. The fourth-order valence-corrected chi connectivity index (χ4v) is 3.93. The van der Waals surface area contributed by atoms with Crippen LogP contribution in [-0.4, -0.2) is 35.2 Å². The van der Waals surface area contributed by atoms with Gasteiger partial charge in [0.25, 0.3) is 0 Å². The Hall–Kier alpha value is -1.42. The van der Waals surface area contributed by atoms with E-state index in [9.17, 15) is 16.8 Å². The van der Waals surface area contributed by atoms with E-state index < -0.39 is 20.1 Å². The lowest BCUT2D eigenvalue weighted by Gasteiger charge is -2.12. The quantitative estimate of drug-likeness (QED) is 0.695. The lowest BCUT2D eigenvalue weighted by Crippen LogP contribution is -2.22. The lowest BCUT2D eigenvalue weighted by molar-refractivity contribution is 0.485. The molecule has 0 heterocycles. The Balaban J connectivity index is 2.39. The maximum atomic E-state index is 12.3. The van der Waals surface area contributed by atoms with Gasteiger partial charge in [0.2, 0.25) is 10.0 Å². The predicted octanol–water partition coefficient (Wildman–Crippen LogP) is 2.47. The Morgan fingerprint density at radius 1 is 0.913 bits per heavy atom. The van der Waals surface area contributed by atoms with Crippen molar-refractivity contribution in [2.24, 2.45) is 0 Å². The molecule has 9 heteroatoms. The Morgan fingerprint density at radius 2 is 1.48 bits per heavy atom. The largest absolute Gasteiger partial charge is 0.379 e. The fourth-order valence-electron chi connectivity index (χ4n) is 1.67. The Morgan fingerprint density at radius 3 is 2.04 bits per heavy atom. The molecule has 0 aliphatic carbocycles. The van der Waals surface area contributed by atoms with Crippen molar-refractivity contribution in [3.05, 3.63) is 53.0 Å². The highest BCUT2D eigenvalue weighted by Gasteiger charge is 2.22. The molecule has 0 amide bonds. The first-order valence-electron chi connectivity index (χ1n) is 6.35. The van der Waals surface area contributed by atoms with Gasteiger partial charge in [-0.2, -0.15) is 8.42 Å². The second kappa shape index (κ2) is 6.60. The summed E-state index contributed by atoms with van der Waals surface area (Å²) in [5, 5.41) is 0. The molecule has 2 aromatic carbocycles. The zero-order chi connectivity index (χ0) is 17.3. The SMILES string of the molecule is CN(C)S(=O)(=O)c1cccc(S(=O)(=O)Oc2ccc(Br)cc2)c1. The van der Waals surface area contributed by atoms with Gasteiger partial charge < -0.3 is 4.18 Å². The summed E-state index contributed by atoms with van der Waals surface area (Å²) in [5.74, 6) is 0.133. The molecule has 23 heavy (non-hydrogen) atoms. The monoisotopic (exact) mass is 419 g/mol. The maximum absolute atomic E-state index is 12.3. The molecule has 0 radical (unpaired) electrons. The Labute approximate surface area is 144 Å². The molecule has 0 saturated carbocycles. The third kappa shape index (κ3) is 4.11. The molecule has 6 nitrogen and oxygen atoms in total. The summed E-state index contributed by atoms with van der Waals surface area (Å²) in [5.41, 5.74) is 0. The molecular weight excluding hydrogens is 406 g/mol. The molecule has 0 atom stereocenters. The van der Waals surface area contributed by atoms with E-state index in [2.05, 4.69) is 15.9 Å². The van der Waals surface area contributed by atoms with Gasteiger partial charge in [-0.15, -0.1) is 0 Å². The minimum atomic E-state index is -4.13. The third-order valence-corrected chi connectivity index (χ3v) is 6.48. The molecule has 0 saturated heterocycles. The third-order valence-electron chi connectivity index (χ3n) is 2.89. The van der Waals surface area contributed by atoms with Crippen molar-refractivity contribution in [2.75, 3.05) is 14.1 Å². The number of halogens is 1. The van der Waals surface area contributed by atoms with E-state index in [-0.39, 0.29) is 15.5 Å². The van der Waals surface area contributed by atoms with Crippen LogP contribution in [0.2, 0.25) is 0 Å². The highest BCUT2D eigenvalue weighted by atomic mass is 79.9. The van der Waals surface area contributed by atoms with Gasteiger partial charge >= 0.3 is 10.1 Å². The van der Waals surface area contributed by atoms with E-state index in [1.807, 2.05) is 0 Å². The fraction of sp³-hybridized carbons (Fsp3) is 0.143. The molecule has 0 bridgehead atoms. The van der Waals surface area contributed by atoms with Crippen molar-refractivity contribution in [1.29, 1.82) is 0 Å². The normalized spacial score (nSPS) is 12.3. The molecule has 0 spiro atoms. The molecule has 0 N–H and O–H groups in total. The highest BCUT2D eigenvalue weighted by Crippen LogP contribution is 2.23. The van der Waals surface area contributed by atoms with Gasteiger partial charge in [-0.05, 0) is 42.5 Å². The van der Waals surface area contributed by atoms with Crippen LogP contribution in [0.5, 0.6) is 5.75 Å². The maximum Gasteiger partial charge on any atom is 0.339 e. The molecule has 0 aliphatic rings. The molecule has 2 aromatic rings. The summed E-state index contributed by atoms with van der Waals surface area (Å²) in [6.07, 6.45) is 0. The standard InChI is InChI=1S/C14H14BrNO5S2/c1-16(2)22(17,18)13-4-3-5-14(10-13)23(19,20)21-12-8-6-11(15)7-9-12/h3-10H,1-2H3. The number of benzene rings is 2. The highest BCUT2D eigenvalue weighted by molar-refractivity contribution is 9.10. The number of nitrogens with zero attached hydrogens (tertiary/aromatic N) is 1. The van der Waals surface area contributed by atoms with E-state index in [0.29, 0.717) is 0 Å². The van der Waals surface area contributed by atoms with Crippen LogP contribution >= 0.6 is 15.9 Å². The van der Waals surface area contributed by atoms with E-state index in [4.69, 9.17) is 4.18 Å². The van der Waals surface area contributed by atoms with Gasteiger partial charge in [0.05, 0.1) is 4.90 Å². The van der Waals surface area contributed by atoms with Gasteiger partial charge in [0, 0.05) is 18.6 Å². The minimum Gasteiger partial charge on any atom is -0.379 e. The number of sulfonamides is 1. The second-order valence-corrected chi connectivity index (χ2v) is 9.37. The summed E-state index contributed by atoms with van der Waals surface area (Å²) in [6, 6.07) is 11.3. The zero-order valence-electron chi connectivity index (χ0n) is 12.3. The van der Waals surface area contributed by atoms with Gasteiger partial charge in [-0.1, -0.05) is 22.0 Å². The van der Waals surface area contributed by atoms with Crippen molar-refractivity contribution < 1.29 is 21.0 Å². The van der Waals surface area contributed by atoms with Crippen LogP contribution < -0.4 is 4.18 Å². The number of hydrogen-bond acceptors (Lipinski definition) is 5. The van der Waals surface area contributed by atoms with Crippen molar-refractivity contribution in [2.45, 2.75) is 9.79 Å². The van der Waals surface area contributed by atoms with Crippen molar-refractivity contribution in [3.63, 3.8) is 0 Å². The Bertz CT molecular complexity index is 906. The second-order valence-electron chi connectivity index (χ2n) is 4.75. The minimum absolute atomic E-state index is 0.122. The first kappa shape index (κ1) is 17.9. The van der Waals surface area contributed by atoms with E-state index in [1.54, 1.807) is 12.1 Å². The first-order valence-corrected chi connectivity index (χ1v) is 10.00. The zero-order valence-corrected chi connectivity index (χ0v) is 15.5. The summed E-state index contributed by atoms with van der Waals surface area (Å²) < 4.78 is 55.6. The molecule has 2 rings (SSSR count). The number of hydrogen-bond donors (Lipinski definition) is 0. The molecule has 0 fully saturated rings. The molecule has 0 unspecified atom stereocenters. The van der Waals surface area contributed by atoms with Crippen molar-refractivity contribution in [3.8, 4) is 5.75 Å². The molecule has 124 valence electrons. The summed E-state index contributed by atoms with van der Waals surface area (Å²) >= 11 is 3.24. The Kier molecular flexibility index (Phi) is 5.14. The summed E-state index contributed by atoms with van der Waals surface area (Å²) in [4.78, 5) is -0.355.